The van der Waals surface area contributed by atoms with Crippen LogP contribution in [0.25, 0.3) is 6.08 Å². The van der Waals surface area contributed by atoms with E-state index in [9.17, 15) is 0 Å². The lowest BCUT2D eigenvalue weighted by atomic mass is 10.1. The molecule has 0 saturated carbocycles. The largest absolute Gasteiger partial charge is 0.399 e. The van der Waals surface area contributed by atoms with Gasteiger partial charge >= 0.3 is 0 Å². The summed E-state index contributed by atoms with van der Waals surface area (Å²) < 4.78 is 5.49. The summed E-state index contributed by atoms with van der Waals surface area (Å²) in [6.45, 7) is 0.895. The minimum atomic E-state index is 0.302. The maximum Gasteiger partial charge on any atom is 0.0759 e. The molecule has 0 radical (unpaired) electrons. The summed E-state index contributed by atoms with van der Waals surface area (Å²) in [4.78, 5) is 0. The molecule has 1 saturated heterocycles. The summed E-state index contributed by atoms with van der Waals surface area (Å²) in [5.74, 6) is 0. The highest BCUT2D eigenvalue weighted by atomic mass is 16.5. The molecule has 2 heteroatoms. The zero-order valence-corrected chi connectivity index (χ0v) is 8.15. The van der Waals surface area contributed by atoms with Gasteiger partial charge in [-0.05, 0) is 30.5 Å². The summed E-state index contributed by atoms with van der Waals surface area (Å²) >= 11 is 0. The molecule has 1 aliphatic rings. The standard InChI is InChI=1S/C12H15NO/c13-11-4-1-3-10(9-11)6-7-12-5-2-8-14-12/h1,3-4,6-7,9,12H,2,5,8,13H2/b7-6+. The molecule has 74 valence electrons. The Morgan fingerprint density at radius 1 is 1.43 bits per heavy atom. The van der Waals surface area contributed by atoms with Crippen molar-refractivity contribution in [2.24, 2.45) is 0 Å². The second kappa shape index (κ2) is 4.29. The van der Waals surface area contributed by atoms with Crippen molar-refractivity contribution in [3.05, 3.63) is 35.9 Å². The monoisotopic (exact) mass is 189 g/mol. The third kappa shape index (κ3) is 2.36. The van der Waals surface area contributed by atoms with Crippen molar-refractivity contribution in [1.82, 2.24) is 0 Å². The van der Waals surface area contributed by atoms with E-state index in [0.29, 0.717) is 6.10 Å². The lowest BCUT2D eigenvalue weighted by Gasteiger charge is -2.01. The van der Waals surface area contributed by atoms with Gasteiger partial charge in [0, 0.05) is 12.3 Å². The van der Waals surface area contributed by atoms with E-state index in [1.807, 2.05) is 24.3 Å². The summed E-state index contributed by atoms with van der Waals surface area (Å²) in [5, 5.41) is 0. The van der Waals surface area contributed by atoms with Crippen LogP contribution in [0.5, 0.6) is 0 Å². The van der Waals surface area contributed by atoms with Crippen LogP contribution in [0.2, 0.25) is 0 Å². The van der Waals surface area contributed by atoms with Gasteiger partial charge in [-0.15, -0.1) is 0 Å². The number of ether oxygens (including phenoxy) is 1. The zero-order chi connectivity index (χ0) is 9.80. The van der Waals surface area contributed by atoms with Crippen molar-refractivity contribution in [2.45, 2.75) is 18.9 Å². The summed E-state index contributed by atoms with van der Waals surface area (Å²) in [6, 6.07) is 7.86. The Kier molecular flexibility index (Phi) is 2.84. The molecule has 0 bridgehead atoms. The fraction of sp³-hybridized carbons (Fsp3) is 0.333. The van der Waals surface area contributed by atoms with Gasteiger partial charge in [-0.1, -0.05) is 24.3 Å². The highest BCUT2D eigenvalue weighted by Gasteiger charge is 2.10. The first-order chi connectivity index (χ1) is 6.84. The van der Waals surface area contributed by atoms with Crippen LogP contribution in [-0.4, -0.2) is 12.7 Å². The molecule has 1 aromatic rings. The zero-order valence-electron chi connectivity index (χ0n) is 8.15. The molecule has 1 unspecified atom stereocenters. The fourth-order valence-corrected chi connectivity index (χ4v) is 1.64. The molecule has 0 aromatic heterocycles. The van der Waals surface area contributed by atoms with E-state index in [-0.39, 0.29) is 0 Å². The van der Waals surface area contributed by atoms with E-state index in [1.165, 1.54) is 6.42 Å². The molecule has 1 aromatic carbocycles. The average Bonchev–Trinajstić information content (AvgIpc) is 2.67. The minimum absolute atomic E-state index is 0.302. The number of rotatable bonds is 2. The smallest absolute Gasteiger partial charge is 0.0759 e. The van der Waals surface area contributed by atoms with Crippen LogP contribution >= 0.6 is 0 Å². The lowest BCUT2D eigenvalue weighted by Crippen LogP contribution is -1.98. The van der Waals surface area contributed by atoms with Gasteiger partial charge in [0.15, 0.2) is 0 Å². The Bertz CT molecular complexity index is 327. The average molecular weight is 189 g/mol. The topological polar surface area (TPSA) is 35.2 Å². The fourth-order valence-electron chi connectivity index (χ4n) is 1.64. The van der Waals surface area contributed by atoms with Gasteiger partial charge in [-0.2, -0.15) is 0 Å². The first kappa shape index (κ1) is 9.28. The normalized spacial score (nSPS) is 21.9. The quantitative estimate of drug-likeness (QED) is 0.725. The molecule has 0 aliphatic carbocycles. The molecule has 14 heavy (non-hydrogen) atoms. The molecular weight excluding hydrogens is 174 g/mol. The van der Waals surface area contributed by atoms with E-state index >= 15 is 0 Å². The second-order valence-electron chi connectivity index (χ2n) is 3.58. The Morgan fingerprint density at radius 2 is 2.36 bits per heavy atom. The summed E-state index contributed by atoms with van der Waals surface area (Å²) in [6.07, 6.45) is 6.80. The van der Waals surface area contributed by atoms with Gasteiger partial charge in [-0.3, -0.25) is 0 Å². The highest BCUT2D eigenvalue weighted by Crippen LogP contribution is 2.15. The Labute approximate surface area is 84.4 Å². The van der Waals surface area contributed by atoms with E-state index in [4.69, 9.17) is 10.5 Å². The van der Waals surface area contributed by atoms with E-state index in [1.54, 1.807) is 0 Å². The number of hydrogen-bond donors (Lipinski definition) is 1. The first-order valence-corrected chi connectivity index (χ1v) is 5.00. The molecule has 1 fully saturated rings. The van der Waals surface area contributed by atoms with Crippen LogP contribution in [0.1, 0.15) is 18.4 Å². The molecule has 1 aliphatic heterocycles. The van der Waals surface area contributed by atoms with Gasteiger partial charge in [0.05, 0.1) is 6.10 Å². The van der Waals surface area contributed by atoms with Crippen molar-refractivity contribution >= 4 is 11.8 Å². The van der Waals surface area contributed by atoms with E-state index in [0.717, 1.165) is 24.3 Å². The van der Waals surface area contributed by atoms with Crippen LogP contribution in [0, 0.1) is 0 Å². The molecule has 0 spiro atoms. The summed E-state index contributed by atoms with van der Waals surface area (Å²) in [7, 11) is 0. The van der Waals surface area contributed by atoms with Crippen LogP contribution in [-0.2, 0) is 4.74 Å². The summed E-state index contributed by atoms with van der Waals surface area (Å²) in [5.41, 5.74) is 7.62. The number of anilines is 1. The maximum atomic E-state index is 5.68. The predicted octanol–water partition coefficient (Wildman–Crippen LogP) is 2.46. The third-order valence-electron chi connectivity index (χ3n) is 2.38. The molecule has 2 N–H and O–H groups in total. The van der Waals surface area contributed by atoms with Gasteiger partial charge in [0.1, 0.15) is 0 Å². The molecular formula is C12H15NO. The molecule has 1 atom stereocenters. The first-order valence-electron chi connectivity index (χ1n) is 5.00. The molecule has 1 heterocycles. The SMILES string of the molecule is Nc1cccc(/C=C/C2CCCO2)c1. The van der Waals surface area contributed by atoms with Gasteiger partial charge in [-0.25, -0.2) is 0 Å². The van der Waals surface area contributed by atoms with Crippen LogP contribution in [0.4, 0.5) is 5.69 Å². The minimum Gasteiger partial charge on any atom is -0.399 e. The van der Waals surface area contributed by atoms with Crippen LogP contribution in [0.15, 0.2) is 30.3 Å². The van der Waals surface area contributed by atoms with Gasteiger partial charge < -0.3 is 10.5 Å². The van der Waals surface area contributed by atoms with Crippen molar-refractivity contribution in [3.8, 4) is 0 Å². The molecule has 0 amide bonds. The predicted molar refractivity (Wildman–Crippen MR) is 58.9 cm³/mol. The Hall–Kier alpha value is -1.28. The second-order valence-corrected chi connectivity index (χ2v) is 3.58. The van der Waals surface area contributed by atoms with Crippen molar-refractivity contribution in [1.29, 1.82) is 0 Å². The Balaban J connectivity index is 2.02. The van der Waals surface area contributed by atoms with Crippen LogP contribution < -0.4 is 5.73 Å². The highest BCUT2D eigenvalue weighted by molar-refractivity contribution is 5.55. The molecule has 2 rings (SSSR count). The van der Waals surface area contributed by atoms with E-state index < -0.39 is 0 Å². The van der Waals surface area contributed by atoms with Gasteiger partial charge in [0.2, 0.25) is 0 Å². The number of hydrogen-bond acceptors (Lipinski definition) is 2. The maximum absolute atomic E-state index is 5.68. The Morgan fingerprint density at radius 3 is 3.07 bits per heavy atom. The van der Waals surface area contributed by atoms with Crippen molar-refractivity contribution < 1.29 is 4.74 Å². The van der Waals surface area contributed by atoms with Gasteiger partial charge in [0.25, 0.3) is 0 Å². The van der Waals surface area contributed by atoms with Crippen molar-refractivity contribution in [2.75, 3.05) is 12.3 Å². The lowest BCUT2D eigenvalue weighted by molar-refractivity contribution is 0.146. The van der Waals surface area contributed by atoms with Crippen LogP contribution in [0.3, 0.4) is 0 Å². The number of benzene rings is 1. The third-order valence-corrected chi connectivity index (χ3v) is 2.38. The molecule has 2 nitrogen and oxygen atoms in total. The van der Waals surface area contributed by atoms with E-state index in [2.05, 4.69) is 12.2 Å². The number of nitrogens with two attached hydrogens (primary N) is 1. The van der Waals surface area contributed by atoms with Crippen molar-refractivity contribution in [3.63, 3.8) is 0 Å². The number of nitrogen functional groups attached to an aromatic ring is 1.